The fraction of sp³-hybridized carbons (Fsp3) is 0.211. The maximum atomic E-state index is 14.0. The molecule has 2 aromatic rings. The largest absolute Gasteiger partial charge is 0.462 e. The van der Waals surface area contributed by atoms with Gasteiger partial charge in [-0.1, -0.05) is 25.5 Å². The number of carbonyl (C=O) groups is 1. The van der Waals surface area contributed by atoms with Crippen molar-refractivity contribution in [2.24, 2.45) is 0 Å². The fourth-order valence-electron chi connectivity index (χ4n) is 2.13. The first-order chi connectivity index (χ1) is 12.0. The second-order valence-electron chi connectivity index (χ2n) is 5.22. The summed E-state index contributed by atoms with van der Waals surface area (Å²) in [5.74, 6) is -5.12. The van der Waals surface area contributed by atoms with Crippen LogP contribution in [-0.2, 0) is 6.42 Å². The molecule has 0 saturated carbocycles. The van der Waals surface area contributed by atoms with Crippen LogP contribution >= 0.6 is 0 Å². The molecule has 0 amide bonds. The van der Waals surface area contributed by atoms with Gasteiger partial charge < -0.3 is 9.47 Å². The van der Waals surface area contributed by atoms with Gasteiger partial charge in [0.2, 0.25) is 11.6 Å². The molecule has 0 bridgehead atoms. The highest BCUT2D eigenvalue weighted by atomic mass is 19.2. The van der Waals surface area contributed by atoms with Crippen molar-refractivity contribution >= 4 is 5.97 Å². The third kappa shape index (κ3) is 4.41. The number of esters is 1. The highest BCUT2D eigenvalue weighted by Crippen LogP contribution is 2.28. The molecule has 0 aliphatic carbocycles. The molecule has 2 aromatic carbocycles. The van der Waals surface area contributed by atoms with Crippen molar-refractivity contribution in [2.75, 3.05) is 0 Å². The first kappa shape index (κ1) is 18.6. The third-order valence-electron chi connectivity index (χ3n) is 3.35. The van der Waals surface area contributed by atoms with Crippen LogP contribution in [0, 0.1) is 17.5 Å². The molecule has 0 aliphatic heterocycles. The molecule has 0 aromatic heterocycles. The molecule has 3 nitrogen and oxygen atoms in total. The zero-order valence-electron chi connectivity index (χ0n) is 13.8. The lowest BCUT2D eigenvalue weighted by atomic mass is 10.1. The Kier molecular flexibility index (Phi) is 6.22. The number of hydrogen-bond acceptors (Lipinski definition) is 3. The molecule has 25 heavy (non-hydrogen) atoms. The van der Waals surface area contributed by atoms with Crippen LogP contribution in [0.4, 0.5) is 13.2 Å². The Morgan fingerprint density at radius 2 is 1.76 bits per heavy atom. The van der Waals surface area contributed by atoms with Crippen molar-refractivity contribution in [1.82, 2.24) is 0 Å². The summed E-state index contributed by atoms with van der Waals surface area (Å²) in [7, 11) is 0. The standard InChI is InChI=1S/C19H17F3O3/c1-3-5-12-6-7-13(11-14(12)20)19(23)25-16-9-8-15(24-10-4-2)17(21)18(16)22/h4,6-11H,3,5H2,1-2H3/b10-4+. The summed E-state index contributed by atoms with van der Waals surface area (Å²) in [5.41, 5.74) is 0.383. The molecule has 0 fully saturated rings. The Labute approximate surface area is 143 Å². The summed E-state index contributed by atoms with van der Waals surface area (Å²) < 4.78 is 51.4. The number of benzene rings is 2. The van der Waals surface area contributed by atoms with Crippen LogP contribution in [-0.4, -0.2) is 5.97 Å². The van der Waals surface area contributed by atoms with Gasteiger partial charge in [0.1, 0.15) is 5.82 Å². The summed E-state index contributed by atoms with van der Waals surface area (Å²) in [6, 6.07) is 6.07. The predicted octanol–water partition coefficient (Wildman–Crippen LogP) is 5.19. The van der Waals surface area contributed by atoms with E-state index in [-0.39, 0.29) is 11.3 Å². The summed E-state index contributed by atoms with van der Waals surface area (Å²) in [5, 5.41) is 0. The first-order valence-corrected chi connectivity index (χ1v) is 7.74. The van der Waals surface area contributed by atoms with Crippen molar-refractivity contribution in [3.05, 3.63) is 71.2 Å². The van der Waals surface area contributed by atoms with Gasteiger partial charge in [-0.2, -0.15) is 8.78 Å². The second kappa shape index (κ2) is 8.37. The van der Waals surface area contributed by atoms with E-state index in [0.29, 0.717) is 12.0 Å². The lowest BCUT2D eigenvalue weighted by molar-refractivity contribution is 0.0726. The van der Waals surface area contributed by atoms with E-state index < -0.39 is 29.2 Å². The summed E-state index contributed by atoms with van der Waals surface area (Å²) in [6.45, 7) is 3.55. The van der Waals surface area contributed by atoms with Crippen LogP contribution < -0.4 is 9.47 Å². The minimum Gasteiger partial charge on any atom is -0.462 e. The molecule has 132 valence electrons. The zero-order chi connectivity index (χ0) is 18.4. The van der Waals surface area contributed by atoms with Crippen LogP contribution in [0.1, 0.15) is 36.2 Å². The minimum atomic E-state index is -1.36. The van der Waals surface area contributed by atoms with Gasteiger partial charge in [0.15, 0.2) is 11.5 Å². The van der Waals surface area contributed by atoms with E-state index in [0.717, 1.165) is 24.6 Å². The molecule has 6 heteroatoms. The molecule has 0 atom stereocenters. The average molecular weight is 350 g/mol. The number of aryl methyl sites for hydroxylation is 1. The Bertz CT molecular complexity index is 801. The highest BCUT2D eigenvalue weighted by Gasteiger charge is 2.19. The van der Waals surface area contributed by atoms with E-state index in [1.165, 1.54) is 24.5 Å². The van der Waals surface area contributed by atoms with E-state index in [4.69, 9.17) is 9.47 Å². The lowest BCUT2D eigenvalue weighted by Gasteiger charge is -2.09. The monoisotopic (exact) mass is 350 g/mol. The van der Waals surface area contributed by atoms with Gasteiger partial charge in [-0.15, -0.1) is 0 Å². The average Bonchev–Trinajstić information content (AvgIpc) is 2.60. The van der Waals surface area contributed by atoms with E-state index in [2.05, 4.69) is 0 Å². The van der Waals surface area contributed by atoms with Crippen molar-refractivity contribution in [3.63, 3.8) is 0 Å². The Morgan fingerprint density at radius 1 is 1.08 bits per heavy atom. The van der Waals surface area contributed by atoms with E-state index in [1.54, 1.807) is 6.92 Å². The molecule has 0 radical (unpaired) electrons. The topological polar surface area (TPSA) is 35.5 Å². The minimum absolute atomic E-state index is 0.0913. The number of halogens is 3. The SMILES string of the molecule is C/C=C/Oc1ccc(OC(=O)c2ccc(CCC)c(F)c2)c(F)c1F. The second-order valence-corrected chi connectivity index (χ2v) is 5.22. The van der Waals surface area contributed by atoms with Crippen LogP contribution in [0.2, 0.25) is 0 Å². The van der Waals surface area contributed by atoms with E-state index in [1.807, 2.05) is 6.92 Å². The van der Waals surface area contributed by atoms with Crippen LogP contribution in [0.3, 0.4) is 0 Å². The molecule has 0 saturated heterocycles. The lowest BCUT2D eigenvalue weighted by Crippen LogP contribution is -2.11. The summed E-state index contributed by atoms with van der Waals surface area (Å²) >= 11 is 0. The van der Waals surface area contributed by atoms with Gasteiger partial charge in [-0.25, -0.2) is 9.18 Å². The maximum Gasteiger partial charge on any atom is 0.343 e. The van der Waals surface area contributed by atoms with Crippen molar-refractivity contribution in [2.45, 2.75) is 26.7 Å². The Hall–Kier alpha value is -2.76. The van der Waals surface area contributed by atoms with Crippen molar-refractivity contribution in [3.8, 4) is 11.5 Å². The predicted molar refractivity (Wildman–Crippen MR) is 87.2 cm³/mol. The quantitative estimate of drug-likeness (QED) is 0.409. The molecule has 0 aliphatic rings. The molecule has 2 rings (SSSR count). The van der Waals surface area contributed by atoms with Gasteiger partial charge in [0.25, 0.3) is 0 Å². The van der Waals surface area contributed by atoms with Gasteiger partial charge >= 0.3 is 5.97 Å². The zero-order valence-corrected chi connectivity index (χ0v) is 13.8. The summed E-state index contributed by atoms with van der Waals surface area (Å²) in [4.78, 5) is 12.0. The highest BCUT2D eigenvalue weighted by molar-refractivity contribution is 5.91. The van der Waals surface area contributed by atoms with Gasteiger partial charge in [-0.05, 0) is 43.2 Å². The van der Waals surface area contributed by atoms with Crippen LogP contribution in [0.25, 0.3) is 0 Å². The Balaban J connectivity index is 2.20. The molecular weight excluding hydrogens is 333 g/mol. The van der Waals surface area contributed by atoms with Crippen molar-refractivity contribution < 1.29 is 27.4 Å². The van der Waals surface area contributed by atoms with Gasteiger partial charge in [-0.3, -0.25) is 0 Å². The number of rotatable bonds is 6. The van der Waals surface area contributed by atoms with Crippen molar-refractivity contribution in [1.29, 1.82) is 0 Å². The molecule has 0 heterocycles. The van der Waals surface area contributed by atoms with Gasteiger partial charge in [0.05, 0.1) is 11.8 Å². The number of hydrogen-bond donors (Lipinski definition) is 0. The number of allylic oxidation sites excluding steroid dienone is 1. The molecule has 0 unspecified atom stereocenters. The number of carbonyl (C=O) groups excluding carboxylic acids is 1. The maximum absolute atomic E-state index is 14.0. The smallest absolute Gasteiger partial charge is 0.343 e. The third-order valence-corrected chi connectivity index (χ3v) is 3.35. The number of ether oxygens (including phenoxy) is 2. The van der Waals surface area contributed by atoms with Crippen LogP contribution in [0.5, 0.6) is 11.5 Å². The van der Waals surface area contributed by atoms with E-state index in [9.17, 15) is 18.0 Å². The van der Waals surface area contributed by atoms with Gasteiger partial charge in [0, 0.05) is 0 Å². The summed E-state index contributed by atoms with van der Waals surface area (Å²) in [6.07, 6.45) is 3.98. The normalized spacial score (nSPS) is 10.9. The van der Waals surface area contributed by atoms with Crippen LogP contribution in [0.15, 0.2) is 42.7 Å². The van der Waals surface area contributed by atoms with E-state index >= 15 is 0 Å². The first-order valence-electron chi connectivity index (χ1n) is 7.74. The fourth-order valence-corrected chi connectivity index (χ4v) is 2.13. The molecule has 0 N–H and O–H groups in total. The molecular formula is C19H17F3O3. The molecule has 0 spiro atoms. The Morgan fingerprint density at radius 3 is 2.40 bits per heavy atom.